The highest BCUT2D eigenvalue weighted by atomic mass is 79.9. The first-order valence-electron chi connectivity index (χ1n) is 6.09. The first-order chi connectivity index (χ1) is 9.15. The Labute approximate surface area is 123 Å². The van der Waals surface area contributed by atoms with Gasteiger partial charge < -0.3 is 11.1 Å². The predicted octanol–water partition coefficient (Wildman–Crippen LogP) is 3.78. The minimum Gasteiger partial charge on any atom is -0.325 e. The normalized spacial score (nSPS) is 14.8. The van der Waals surface area contributed by atoms with E-state index in [2.05, 4.69) is 21.2 Å². The van der Waals surface area contributed by atoms with E-state index in [4.69, 9.17) is 5.73 Å². The average molecular weight is 353 g/mol. The summed E-state index contributed by atoms with van der Waals surface area (Å²) in [6.45, 7) is 3.70. The monoisotopic (exact) mass is 352 g/mol. The number of anilines is 1. The lowest BCUT2D eigenvalue weighted by atomic mass is 9.99. The summed E-state index contributed by atoms with van der Waals surface area (Å²) in [6.07, 6.45) is -3.76. The number of amides is 1. The molecule has 0 radical (unpaired) electrons. The minimum absolute atomic E-state index is 0.0516. The van der Waals surface area contributed by atoms with Crippen molar-refractivity contribution in [2.75, 3.05) is 5.32 Å². The topological polar surface area (TPSA) is 55.1 Å². The van der Waals surface area contributed by atoms with Crippen LogP contribution < -0.4 is 11.1 Å². The summed E-state index contributed by atoms with van der Waals surface area (Å²) in [7, 11) is 0. The molecule has 3 nitrogen and oxygen atoms in total. The molecule has 0 aliphatic carbocycles. The molecule has 7 heteroatoms. The molecule has 0 aliphatic heterocycles. The van der Waals surface area contributed by atoms with E-state index in [1.807, 2.05) is 13.8 Å². The average Bonchev–Trinajstić information content (AvgIpc) is 2.35. The van der Waals surface area contributed by atoms with Gasteiger partial charge in [-0.2, -0.15) is 13.2 Å². The van der Waals surface area contributed by atoms with Gasteiger partial charge in [0.1, 0.15) is 0 Å². The maximum absolute atomic E-state index is 12.7. The third kappa shape index (κ3) is 4.49. The highest BCUT2D eigenvalue weighted by molar-refractivity contribution is 9.10. The van der Waals surface area contributed by atoms with Crippen molar-refractivity contribution in [3.63, 3.8) is 0 Å². The highest BCUT2D eigenvalue weighted by Crippen LogP contribution is 2.33. The molecule has 0 aliphatic rings. The van der Waals surface area contributed by atoms with E-state index in [9.17, 15) is 18.0 Å². The lowest BCUT2D eigenvalue weighted by Gasteiger charge is -2.18. The number of benzene rings is 1. The molecule has 2 atom stereocenters. The van der Waals surface area contributed by atoms with E-state index >= 15 is 0 Å². The summed E-state index contributed by atoms with van der Waals surface area (Å²) in [5.74, 6) is -0.546. The van der Waals surface area contributed by atoms with E-state index in [-0.39, 0.29) is 16.1 Å². The summed E-state index contributed by atoms with van der Waals surface area (Å²) in [5.41, 5.74) is 4.97. The van der Waals surface area contributed by atoms with Crippen LogP contribution in [0.5, 0.6) is 0 Å². The van der Waals surface area contributed by atoms with E-state index in [1.165, 1.54) is 6.07 Å². The van der Waals surface area contributed by atoms with Gasteiger partial charge in [0.2, 0.25) is 5.91 Å². The van der Waals surface area contributed by atoms with Crippen LogP contribution in [0.15, 0.2) is 22.7 Å². The van der Waals surface area contributed by atoms with Gasteiger partial charge in [-0.15, -0.1) is 0 Å². The van der Waals surface area contributed by atoms with Crippen molar-refractivity contribution in [3.8, 4) is 0 Å². The molecule has 0 heterocycles. The molecule has 0 saturated heterocycles. The fourth-order valence-corrected chi connectivity index (χ4v) is 2.06. The summed E-state index contributed by atoms with van der Waals surface area (Å²) in [4.78, 5) is 11.9. The lowest BCUT2D eigenvalue weighted by Crippen LogP contribution is -2.40. The molecule has 0 fully saturated rings. The fraction of sp³-hybridized carbons (Fsp3) is 0.462. The largest absolute Gasteiger partial charge is 0.416 e. The Kier molecular flexibility index (Phi) is 5.59. The van der Waals surface area contributed by atoms with Crippen molar-refractivity contribution in [1.29, 1.82) is 0 Å². The van der Waals surface area contributed by atoms with Gasteiger partial charge in [0.05, 0.1) is 11.6 Å². The van der Waals surface area contributed by atoms with Gasteiger partial charge in [0.15, 0.2) is 0 Å². The number of alkyl halides is 3. The molecule has 1 aromatic carbocycles. The van der Waals surface area contributed by atoms with E-state index in [0.29, 0.717) is 6.42 Å². The first-order valence-corrected chi connectivity index (χ1v) is 6.88. The Balaban J connectivity index is 2.93. The van der Waals surface area contributed by atoms with Gasteiger partial charge in [0.25, 0.3) is 0 Å². The number of rotatable bonds is 4. The minimum atomic E-state index is -4.47. The van der Waals surface area contributed by atoms with Crippen molar-refractivity contribution in [3.05, 3.63) is 28.2 Å². The van der Waals surface area contributed by atoms with Crippen LogP contribution in [-0.2, 0) is 11.0 Å². The molecule has 1 amide bonds. The van der Waals surface area contributed by atoms with Gasteiger partial charge in [-0.05, 0) is 24.1 Å². The molecule has 1 unspecified atom stereocenters. The summed E-state index contributed by atoms with van der Waals surface area (Å²) in [5, 5.41) is 2.42. The molecular weight excluding hydrogens is 337 g/mol. The Morgan fingerprint density at radius 2 is 2.00 bits per heavy atom. The number of hydrogen-bond donors (Lipinski definition) is 2. The Hall–Kier alpha value is -1.08. The van der Waals surface area contributed by atoms with Gasteiger partial charge >= 0.3 is 6.18 Å². The zero-order chi connectivity index (χ0) is 15.5. The van der Waals surface area contributed by atoms with Crippen LogP contribution in [0.2, 0.25) is 0 Å². The van der Waals surface area contributed by atoms with E-state index < -0.39 is 23.7 Å². The maximum atomic E-state index is 12.7. The second-order valence-corrected chi connectivity index (χ2v) is 5.54. The molecular formula is C13H16BrF3N2O. The third-order valence-corrected chi connectivity index (χ3v) is 3.51. The number of nitrogens with one attached hydrogen (secondary N) is 1. The molecule has 0 aromatic heterocycles. The number of halogens is 4. The van der Waals surface area contributed by atoms with Gasteiger partial charge in [0, 0.05) is 10.2 Å². The second kappa shape index (κ2) is 6.58. The molecule has 1 rings (SSSR count). The quantitative estimate of drug-likeness (QED) is 0.866. The summed E-state index contributed by atoms with van der Waals surface area (Å²) >= 11 is 2.99. The number of nitrogens with two attached hydrogens (primary N) is 1. The molecule has 0 saturated carbocycles. The molecule has 20 heavy (non-hydrogen) atoms. The summed E-state index contributed by atoms with van der Waals surface area (Å²) < 4.78 is 38.2. The van der Waals surface area contributed by atoms with E-state index in [0.717, 1.165) is 12.1 Å². The van der Waals surface area contributed by atoms with Crippen LogP contribution in [0.1, 0.15) is 25.8 Å². The SMILES string of the molecule is CCC(C)[C@H](N)C(=O)Nc1cc(Br)cc(C(F)(F)F)c1. The lowest BCUT2D eigenvalue weighted by molar-refractivity contribution is -0.137. The van der Waals surface area contributed by atoms with Crippen LogP contribution in [0.25, 0.3) is 0 Å². The Morgan fingerprint density at radius 1 is 1.40 bits per heavy atom. The summed E-state index contributed by atoms with van der Waals surface area (Å²) in [6, 6.07) is 2.47. The number of carbonyl (C=O) groups is 1. The van der Waals surface area contributed by atoms with Crippen molar-refractivity contribution in [1.82, 2.24) is 0 Å². The number of carbonyl (C=O) groups excluding carboxylic acids is 1. The van der Waals surface area contributed by atoms with Crippen LogP contribution in [0, 0.1) is 5.92 Å². The predicted molar refractivity (Wildman–Crippen MR) is 75.2 cm³/mol. The molecule has 1 aromatic rings. The van der Waals surface area contributed by atoms with Crippen molar-refractivity contribution >= 4 is 27.5 Å². The third-order valence-electron chi connectivity index (χ3n) is 3.05. The van der Waals surface area contributed by atoms with E-state index in [1.54, 1.807) is 0 Å². The smallest absolute Gasteiger partial charge is 0.325 e. The Morgan fingerprint density at radius 3 is 2.50 bits per heavy atom. The zero-order valence-corrected chi connectivity index (χ0v) is 12.7. The maximum Gasteiger partial charge on any atom is 0.416 e. The highest BCUT2D eigenvalue weighted by Gasteiger charge is 2.31. The molecule has 0 bridgehead atoms. The Bertz CT molecular complexity index is 491. The van der Waals surface area contributed by atoms with Gasteiger partial charge in [-0.3, -0.25) is 4.79 Å². The van der Waals surface area contributed by atoms with Crippen molar-refractivity contribution in [2.45, 2.75) is 32.5 Å². The fourth-order valence-electron chi connectivity index (χ4n) is 1.56. The molecule has 112 valence electrons. The standard InChI is InChI=1S/C13H16BrF3N2O/c1-3-7(2)11(18)12(20)19-10-5-8(13(15,16)17)4-9(14)6-10/h4-7,11H,3,18H2,1-2H3,(H,19,20)/t7?,11-/m0/s1. The van der Waals surface area contributed by atoms with Crippen molar-refractivity contribution in [2.24, 2.45) is 11.7 Å². The number of hydrogen-bond acceptors (Lipinski definition) is 2. The van der Waals surface area contributed by atoms with Crippen LogP contribution in [0.3, 0.4) is 0 Å². The molecule has 3 N–H and O–H groups in total. The van der Waals surface area contributed by atoms with Gasteiger partial charge in [-0.1, -0.05) is 36.2 Å². The zero-order valence-electron chi connectivity index (χ0n) is 11.1. The first kappa shape index (κ1) is 17.0. The van der Waals surface area contributed by atoms with Gasteiger partial charge in [-0.25, -0.2) is 0 Å². The van der Waals surface area contributed by atoms with Crippen LogP contribution in [0.4, 0.5) is 18.9 Å². The molecule has 0 spiro atoms. The van der Waals surface area contributed by atoms with Crippen LogP contribution >= 0.6 is 15.9 Å². The second-order valence-electron chi connectivity index (χ2n) is 4.63. The van der Waals surface area contributed by atoms with Crippen LogP contribution in [-0.4, -0.2) is 11.9 Å². The van der Waals surface area contributed by atoms with Crippen molar-refractivity contribution < 1.29 is 18.0 Å².